The SMILES string of the molecule is CCNC(=NCC(CO)c1ccccc1)NCCCCCCC(=O)OCC. The molecule has 0 radical (unpaired) electrons. The van der Waals surface area contributed by atoms with E-state index in [9.17, 15) is 9.90 Å². The lowest BCUT2D eigenvalue weighted by molar-refractivity contribution is -0.143. The molecule has 0 aliphatic heterocycles. The zero-order valence-electron chi connectivity index (χ0n) is 16.7. The lowest BCUT2D eigenvalue weighted by atomic mass is 10.0. The highest BCUT2D eigenvalue weighted by molar-refractivity contribution is 5.79. The van der Waals surface area contributed by atoms with Gasteiger partial charge in [0.15, 0.2) is 5.96 Å². The van der Waals surface area contributed by atoms with Gasteiger partial charge in [-0.05, 0) is 32.3 Å². The van der Waals surface area contributed by atoms with E-state index < -0.39 is 0 Å². The van der Waals surface area contributed by atoms with Gasteiger partial charge in [-0.15, -0.1) is 0 Å². The van der Waals surface area contributed by atoms with Gasteiger partial charge in [0.1, 0.15) is 0 Å². The molecule has 1 rings (SSSR count). The molecule has 0 saturated carbocycles. The third-order valence-corrected chi connectivity index (χ3v) is 4.21. The Morgan fingerprint density at radius 3 is 2.52 bits per heavy atom. The van der Waals surface area contributed by atoms with Crippen LogP contribution in [0.5, 0.6) is 0 Å². The summed E-state index contributed by atoms with van der Waals surface area (Å²) in [5.41, 5.74) is 1.10. The van der Waals surface area contributed by atoms with Gasteiger partial charge >= 0.3 is 5.97 Å². The Kier molecular flexibility index (Phi) is 12.8. The summed E-state index contributed by atoms with van der Waals surface area (Å²) >= 11 is 0. The number of carbonyl (C=O) groups is 1. The van der Waals surface area contributed by atoms with Crippen molar-refractivity contribution in [3.05, 3.63) is 35.9 Å². The number of aliphatic hydroxyl groups is 1. The van der Waals surface area contributed by atoms with Gasteiger partial charge in [-0.25, -0.2) is 0 Å². The maximum Gasteiger partial charge on any atom is 0.305 e. The van der Waals surface area contributed by atoms with Crippen molar-refractivity contribution in [1.29, 1.82) is 0 Å². The zero-order chi connectivity index (χ0) is 19.7. The van der Waals surface area contributed by atoms with E-state index in [1.807, 2.05) is 44.2 Å². The third-order valence-electron chi connectivity index (χ3n) is 4.21. The fraction of sp³-hybridized carbons (Fsp3) is 0.619. The van der Waals surface area contributed by atoms with Crippen LogP contribution in [0.15, 0.2) is 35.3 Å². The molecular formula is C21H35N3O3. The van der Waals surface area contributed by atoms with Crippen LogP contribution in [-0.4, -0.2) is 49.9 Å². The summed E-state index contributed by atoms with van der Waals surface area (Å²) in [7, 11) is 0. The number of aliphatic imine (C=N–C) groups is 1. The Balaban J connectivity index is 2.30. The van der Waals surface area contributed by atoms with E-state index in [0.29, 0.717) is 19.6 Å². The quantitative estimate of drug-likeness (QED) is 0.213. The highest BCUT2D eigenvalue weighted by Crippen LogP contribution is 2.14. The minimum Gasteiger partial charge on any atom is -0.466 e. The van der Waals surface area contributed by atoms with Crippen molar-refractivity contribution in [1.82, 2.24) is 10.6 Å². The predicted molar refractivity (Wildman–Crippen MR) is 110 cm³/mol. The smallest absolute Gasteiger partial charge is 0.305 e. The molecule has 0 aromatic heterocycles. The van der Waals surface area contributed by atoms with E-state index in [2.05, 4.69) is 15.6 Å². The molecule has 152 valence electrons. The fourth-order valence-corrected chi connectivity index (χ4v) is 2.72. The normalized spacial score (nSPS) is 12.5. The van der Waals surface area contributed by atoms with Crippen molar-refractivity contribution >= 4 is 11.9 Å². The van der Waals surface area contributed by atoms with Gasteiger partial charge in [-0.1, -0.05) is 43.2 Å². The first-order chi connectivity index (χ1) is 13.2. The van der Waals surface area contributed by atoms with Crippen LogP contribution in [0.2, 0.25) is 0 Å². The van der Waals surface area contributed by atoms with Crippen molar-refractivity contribution in [2.75, 3.05) is 32.8 Å². The highest BCUT2D eigenvalue weighted by Gasteiger charge is 2.09. The third kappa shape index (κ3) is 10.6. The number of rotatable bonds is 13. The van der Waals surface area contributed by atoms with E-state index in [0.717, 1.165) is 50.3 Å². The second-order valence-corrected chi connectivity index (χ2v) is 6.41. The highest BCUT2D eigenvalue weighted by atomic mass is 16.5. The molecule has 0 spiro atoms. The van der Waals surface area contributed by atoms with Gasteiger partial charge in [0.05, 0.1) is 19.8 Å². The zero-order valence-corrected chi connectivity index (χ0v) is 16.7. The average Bonchev–Trinajstić information content (AvgIpc) is 2.68. The molecule has 0 heterocycles. The number of benzene rings is 1. The first kappa shape index (κ1) is 23.0. The predicted octanol–water partition coefficient (Wildman–Crippen LogP) is 2.83. The van der Waals surface area contributed by atoms with Crippen LogP contribution in [0.4, 0.5) is 0 Å². The number of ether oxygens (including phenoxy) is 1. The molecule has 1 unspecified atom stereocenters. The monoisotopic (exact) mass is 377 g/mol. The summed E-state index contributed by atoms with van der Waals surface area (Å²) in [6.07, 6.45) is 4.49. The maximum absolute atomic E-state index is 11.3. The Bertz CT molecular complexity index is 535. The topological polar surface area (TPSA) is 83.0 Å². The van der Waals surface area contributed by atoms with E-state index in [4.69, 9.17) is 4.74 Å². The number of unbranched alkanes of at least 4 members (excludes halogenated alkanes) is 3. The summed E-state index contributed by atoms with van der Waals surface area (Å²) in [5.74, 6) is 0.678. The molecular weight excluding hydrogens is 342 g/mol. The minimum atomic E-state index is -0.103. The molecule has 6 heteroatoms. The second kappa shape index (κ2) is 15.0. The standard InChI is InChI=1S/C21H35N3O3/c1-3-22-21(23-15-11-6-5-10-14-20(26)27-4-2)24-16-19(17-25)18-12-8-7-9-13-18/h7-9,12-13,19,25H,3-6,10-11,14-17H2,1-2H3,(H2,22,23,24). The number of carbonyl (C=O) groups excluding carboxylic acids is 1. The molecule has 27 heavy (non-hydrogen) atoms. The van der Waals surface area contributed by atoms with Crippen molar-refractivity contribution in [3.8, 4) is 0 Å². The van der Waals surface area contributed by atoms with Crippen LogP contribution in [0, 0.1) is 0 Å². The molecule has 0 fully saturated rings. The molecule has 0 saturated heterocycles. The van der Waals surface area contributed by atoms with Crippen LogP contribution in [0.3, 0.4) is 0 Å². The van der Waals surface area contributed by atoms with E-state index in [1.54, 1.807) is 0 Å². The molecule has 0 bridgehead atoms. The molecule has 0 amide bonds. The molecule has 0 aliphatic rings. The maximum atomic E-state index is 11.3. The molecule has 6 nitrogen and oxygen atoms in total. The molecule has 1 aromatic carbocycles. The number of hydrogen-bond donors (Lipinski definition) is 3. The summed E-state index contributed by atoms with van der Waals surface area (Å²) in [5, 5.41) is 16.2. The van der Waals surface area contributed by atoms with E-state index >= 15 is 0 Å². The fourth-order valence-electron chi connectivity index (χ4n) is 2.72. The Hall–Kier alpha value is -2.08. The lowest BCUT2D eigenvalue weighted by Gasteiger charge is -2.15. The van der Waals surface area contributed by atoms with Gasteiger partial charge in [0, 0.05) is 25.4 Å². The Morgan fingerprint density at radius 2 is 1.85 bits per heavy atom. The molecule has 1 aromatic rings. The van der Waals surface area contributed by atoms with Crippen molar-refractivity contribution in [2.24, 2.45) is 4.99 Å². The van der Waals surface area contributed by atoms with Crippen molar-refractivity contribution < 1.29 is 14.6 Å². The summed E-state index contributed by atoms with van der Waals surface area (Å²) in [6.45, 7) is 6.56. The minimum absolute atomic E-state index is 0.00420. The van der Waals surface area contributed by atoms with Gasteiger partial charge in [-0.2, -0.15) is 0 Å². The van der Waals surface area contributed by atoms with Crippen molar-refractivity contribution in [2.45, 2.75) is 51.9 Å². The molecule has 1 atom stereocenters. The molecule has 0 aliphatic carbocycles. The van der Waals surface area contributed by atoms with Crippen LogP contribution in [-0.2, 0) is 9.53 Å². The van der Waals surface area contributed by atoms with Crippen LogP contribution >= 0.6 is 0 Å². The number of esters is 1. The van der Waals surface area contributed by atoms with Crippen LogP contribution in [0.1, 0.15) is 57.4 Å². The number of nitrogens with one attached hydrogen (secondary N) is 2. The Labute approximate surface area is 163 Å². The largest absolute Gasteiger partial charge is 0.466 e. The average molecular weight is 378 g/mol. The van der Waals surface area contributed by atoms with Crippen molar-refractivity contribution in [3.63, 3.8) is 0 Å². The van der Waals surface area contributed by atoms with Crippen LogP contribution < -0.4 is 10.6 Å². The van der Waals surface area contributed by atoms with Gasteiger partial charge in [0.25, 0.3) is 0 Å². The Morgan fingerprint density at radius 1 is 1.11 bits per heavy atom. The van der Waals surface area contributed by atoms with Gasteiger partial charge < -0.3 is 20.5 Å². The first-order valence-corrected chi connectivity index (χ1v) is 10.0. The van der Waals surface area contributed by atoms with Gasteiger partial charge in [0.2, 0.25) is 0 Å². The number of aliphatic hydroxyl groups excluding tert-OH is 1. The summed E-state index contributed by atoms with van der Waals surface area (Å²) in [6, 6.07) is 9.97. The number of guanidine groups is 1. The summed E-state index contributed by atoms with van der Waals surface area (Å²) in [4.78, 5) is 15.9. The number of nitrogens with zero attached hydrogens (tertiary/aromatic N) is 1. The summed E-state index contributed by atoms with van der Waals surface area (Å²) < 4.78 is 4.92. The van der Waals surface area contributed by atoms with E-state index in [1.165, 1.54) is 0 Å². The first-order valence-electron chi connectivity index (χ1n) is 10.0. The molecule has 3 N–H and O–H groups in total. The number of hydrogen-bond acceptors (Lipinski definition) is 4. The second-order valence-electron chi connectivity index (χ2n) is 6.41. The van der Waals surface area contributed by atoms with Crippen LogP contribution in [0.25, 0.3) is 0 Å². The van der Waals surface area contributed by atoms with Gasteiger partial charge in [-0.3, -0.25) is 9.79 Å². The lowest BCUT2D eigenvalue weighted by Crippen LogP contribution is -2.38. The van der Waals surface area contributed by atoms with E-state index in [-0.39, 0.29) is 18.5 Å².